The first kappa shape index (κ1) is 17.6. The van der Waals surface area contributed by atoms with Crippen molar-refractivity contribution in [3.8, 4) is 0 Å². The van der Waals surface area contributed by atoms with E-state index in [1.807, 2.05) is 0 Å². The summed E-state index contributed by atoms with van der Waals surface area (Å²) in [5.74, 6) is 0. The average Bonchev–Trinajstić information content (AvgIpc) is 2.51. The van der Waals surface area contributed by atoms with Crippen LogP contribution in [0.1, 0.15) is 11.3 Å². The van der Waals surface area contributed by atoms with Gasteiger partial charge in [-0.1, -0.05) is 12.1 Å². The van der Waals surface area contributed by atoms with Crippen molar-refractivity contribution in [3.63, 3.8) is 0 Å². The summed E-state index contributed by atoms with van der Waals surface area (Å²) in [5, 5.41) is 22.1. The number of nitro groups is 2. The van der Waals surface area contributed by atoms with Gasteiger partial charge in [-0.05, 0) is 17.7 Å². The number of rotatable bonds is 5. The van der Waals surface area contributed by atoms with Crippen LogP contribution >= 0.6 is 0 Å². The molecule has 0 radical (unpaired) electrons. The molecule has 1 aromatic heterocycles. The van der Waals surface area contributed by atoms with Gasteiger partial charge < -0.3 is 9.88 Å². The van der Waals surface area contributed by atoms with Crippen LogP contribution in [0.15, 0.2) is 27.8 Å². The number of aromatic amines is 2. The van der Waals surface area contributed by atoms with Gasteiger partial charge in [0.15, 0.2) is 0 Å². The summed E-state index contributed by atoms with van der Waals surface area (Å²) in [4.78, 5) is 49.0. The lowest BCUT2D eigenvalue weighted by Gasteiger charge is -2.12. The second-order valence-corrected chi connectivity index (χ2v) is 5.16. The monoisotopic (exact) mass is 347 g/mol. The third-order valence-electron chi connectivity index (χ3n) is 3.25. The van der Waals surface area contributed by atoms with Gasteiger partial charge in [-0.25, -0.2) is 4.79 Å². The van der Waals surface area contributed by atoms with Crippen molar-refractivity contribution in [3.05, 3.63) is 70.5 Å². The molecular formula is C14H13N5O6. The Bertz CT molecular complexity index is 988. The minimum Gasteiger partial charge on any atom is -0.372 e. The van der Waals surface area contributed by atoms with Gasteiger partial charge in [-0.2, -0.15) is 0 Å². The van der Waals surface area contributed by atoms with Crippen LogP contribution in [0.5, 0.6) is 0 Å². The van der Waals surface area contributed by atoms with Crippen molar-refractivity contribution in [2.75, 3.05) is 19.0 Å². The normalized spacial score (nSPS) is 10.8. The second-order valence-electron chi connectivity index (χ2n) is 5.16. The maximum atomic E-state index is 11.5. The minimum absolute atomic E-state index is 0.152. The Labute approximate surface area is 139 Å². The first-order chi connectivity index (χ1) is 11.7. The van der Waals surface area contributed by atoms with Gasteiger partial charge in [-0.3, -0.25) is 30.0 Å². The number of nitrogens with zero attached hydrogens (tertiary/aromatic N) is 3. The molecular weight excluding hydrogens is 334 g/mol. The zero-order chi connectivity index (χ0) is 18.7. The Morgan fingerprint density at radius 1 is 1.04 bits per heavy atom. The molecule has 0 spiro atoms. The average molecular weight is 347 g/mol. The molecule has 0 bridgehead atoms. The number of nitro benzene ring substituents is 1. The Hall–Kier alpha value is -3.76. The first-order valence-electron chi connectivity index (χ1n) is 6.85. The minimum atomic E-state index is -1.14. The van der Waals surface area contributed by atoms with Gasteiger partial charge in [0.2, 0.25) is 0 Å². The molecule has 2 N–H and O–H groups in total. The van der Waals surface area contributed by atoms with Crippen molar-refractivity contribution < 1.29 is 9.85 Å². The van der Waals surface area contributed by atoms with E-state index in [1.165, 1.54) is 18.2 Å². The highest BCUT2D eigenvalue weighted by Gasteiger charge is 2.19. The lowest BCUT2D eigenvalue weighted by Crippen LogP contribution is -2.25. The van der Waals surface area contributed by atoms with Crippen molar-refractivity contribution in [1.82, 2.24) is 9.97 Å². The van der Waals surface area contributed by atoms with Crippen molar-refractivity contribution >= 4 is 29.2 Å². The number of anilines is 1. The van der Waals surface area contributed by atoms with Gasteiger partial charge in [0, 0.05) is 20.2 Å². The third-order valence-corrected chi connectivity index (χ3v) is 3.25. The molecule has 1 heterocycles. The van der Waals surface area contributed by atoms with Gasteiger partial charge in [0.05, 0.1) is 9.85 Å². The lowest BCUT2D eigenvalue weighted by molar-refractivity contribution is -0.386. The smallest absolute Gasteiger partial charge is 0.357 e. The number of hydrogen-bond acceptors (Lipinski definition) is 7. The van der Waals surface area contributed by atoms with Crippen LogP contribution in [-0.2, 0) is 0 Å². The molecule has 2 aromatic rings. The van der Waals surface area contributed by atoms with E-state index in [1.54, 1.807) is 30.0 Å². The van der Waals surface area contributed by atoms with E-state index in [0.717, 1.165) is 6.08 Å². The molecule has 2 rings (SSSR count). The van der Waals surface area contributed by atoms with E-state index in [9.17, 15) is 29.8 Å². The number of H-pyrrole nitrogens is 2. The molecule has 11 nitrogen and oxygen atoms in total. The molecule has 0 amide bonds. The largest absolute Gasteiger partial charge is 0.372 e. The van der Waals surface area contributed by atoms with E-state index < -0.39 is 26.8 Å². The van der Waals surface area contributed by atoms with Crippen molar-refractivity contribution in [2.45, 2.75) is 0 Å². The number of benzene rings is 1. The fraction of sp³-hybridized carbons (Fsp3) is 0.143. The summed E-state index contributed by atoms with van der Waals surface area (Å²) in [7, 11) is 3.31. The van der Waals surface area contributed by atoms with E-state index in [0.29, 0.717) is 11.3 Å². The van der Waals surface area contributed by atoms with E-state index in [2.05, 4.69) is 4.98 Å². The van der Waals surface area contributed by atoms with Crippen LogP contribution < -0.4 is 16.1 Å². The maximum Gasteiger partial charge on any atom is 0.357 e. The number of nitrogens with one attached hydrogen (secondary N) is 2. The summed E-state index contributed by atoms with van der Waals surface area (Å²) < 4.78 is 0. The van der Waals surface area contributed by atoms with E-state index in [-0.39, 0.29) is 11.4 Å². The van der Waals surface area contributed by atoms with Crippen LogP contribution in [0, 0.1) is 20.2 Å². The fourth-order valence-electron chi connectivity index (χ4n) is 2.15. The molecule has 0 fully saturated rings. The summed E-state index contributed by atoms with van der Waals surface area (Å²) in [6.07, 6.45) is 2.47. The fourth-order valence-corrected chi connectivity index (χ4v) is 2.15. The summed E-state index contributed by atoms with van der Waals surface area (Å²) in [6, 6.07) is 4.37. The molecule has 0 aliphatic carbocycles. The highest BCUT2D eigenvalue weighted by Crippen LogP contribution is 2.28. The summed E-state index contributed by atoms with van der Waals surface area (Å²) in [6.45, 7) is 0. The molecule has 0 aliphatic rings. The number of aromatic nitrogens is 2. The molecule has 130 valence electrons. The van der Waals surface area contributed by atoms with Gasteiger partial charge in [-0.15, -0.1) is 0 Å². The van der Waals surface area contributed by atoms with Gasteiger partial charge in [0.25, 0.3) is 5.69 Å². The Morgan fingerprint density at radius 3 is 2.28 bits per heavy atom. The molecule has 11 heteroatoms. The summed E-state index contributed by atoms with van der Waals surface area (Å²) in [5.41, 5.74) is -2.56. The second kappa shape index (κ2) is 6.78. The van der Waals surface area contributed by atoms with Gasteiger partial charge >= 0.3 is 16.9 Å². The molecule has 1 aromatic carbocycles. The molecule has 0 unspecified atom stereocenters. The van der Waals surface area contributed by atoms with Crippen LogP contribution in [0.25, 0.3) is 12.2 Å². The summed E-state index contributed by atoms with van der Waals surface area (Å²) >= 11 is 0. The topological polar surface area (TPSA) is 155 Å². The number of hydrogen-bond donors (Lipinski definition) is 2. The standard InChI is InChI=1S/C14H13N5O6/c1-17(2)10-6-4-8(7-11(10)18(22)23)3-5-9-12(19(24)25)13(20)16-14(21)15-9/h3-7H,1-2H3,(H2,15,16,20,21)/b5-3+. The van der Waals surface area contributed by atoms with Crippen molar-refractivity contribution in [1.29, 1.82) is 0 Å². The van der Waals surface area contributed by atoms with Crippen LogP contribution in [0.3, 0.4) is 0 Å². The molecule has 0 saturated heterocycles. The van der Waals surface area contributed by atoms with Crippen LogP contribution in [-0.4, -0.2) is 33.9 Å². The Kier molecular flexibility index (Phi) is 4.77. The van der Waals surface area contributed by atoms with E-state index in [4.69, 9.17) is 0 Å². The zero-order valence-electron chi connectivity index (χ0n) is 13.2. The zero-order valence-corrected chi connectivity index (χ0v) is 13.2. The Morgan fingerprint density at radius 2 is 1.72 bits per heavy atom. The van der Waals surface area contributed by atoms with Gasteiger partial charge in [0.1, 0.15) is 11.4 Å². The quantitative estimate of drug-likeness (QED) is 0.606. The Balaban J connectivity index is 2.52. The predicted molar refractivity (Wildman–Crippen MR) is 90.7 cm³/mol. The highest BCUT2D eigenvalue weighted by molar-refractivity contribution is 5.75. The molecule has 0 aliphatic heterocycles. The molecule has 0 atom stereocenters. The first-order valence-corrected chi connectivity index (χ1v) is 6.85. The highest BCUT2D eigenvalue weighted by atomic mass is 16.6. The lowest BCUT2D eigenvalue weighted by atomic mass is 10.1. The van der Waals surface area contributed by atoms with Crippen molar-refractivity contribution in [2.24, 2.45) is 0 Å². The molecule has 25 heavy (non-hydrogen) atoms. The molecule has 0 saturated carbocycles. The third kappa shape index (κ3) is 3.77. The predicted octanol–water partition coefficient (Wildman–Crippen LogP) is 1.12. The SMILES string of the molecule is CN(C)c1ccc(/C=C/c2[nH]c(=O)[nH]c(=O)c2[N+](=O)[O-])cc1[N+](=O)[O-]. The van der Waals surface area contributed by atoms with E-state index >= 15 is 0 Å². The van der Waals surface area contributed by atoms with Crippen LogP contribution in [0.4, 0.5) is 17.1 Å². The van der Waals surface area contributed by atoms with Crippen LogP contribution in [0.2, 0.25) is 0 Å². The maximum absolute atomic E-state index is 11.5.